The number of hydrogen-bond donors (Lipinski definition) is 0. The number of halogens is 1. The van der Waals surface area contributed by atoms with Crippen LogP contribution < -0.4 is 0 Å². The van der Waals surface area contributed by atoms with Gasteiger partial charge in [-0.1, -0.05) is 18.1 Å². The number of pyridine rings is 1. The van der Waals surface area contributed by atoms with E-state index in [0.29, 0.717) is 17.1 Å². The van der Waals surface area contributed by atoms with E-state index in [-0.39, 0.29) is 11.7 Å². The SMILES string of the molecule is CCSc1cc(F)cc(-c2nc(-c3ccccn3)no2)c1. The lowest BCUT2D eigenvalue weighted by atomic mass is 10.2. The van der Waals surface area contributed by atoms with E-state index in [2.05, 4.69) is 15.1 Å². The molecule has 106 valence electrons. The van der Waals surface area contributed by atoms with E-state index in [1.807, 2.05) is 25.1 Å². The summed E-state index contributed by atoms with van der Waals surface area (Å²) < 4.78 is 18.9. The van der Waals surface area contributed by atoms with Gasteiger partial charge in [-0.25, -0.2) is 4.39 Å². The van der Waals surface area contributed by atoms with Gasteiger partial charge >= 0.3 is 0 Å². The minimum Gasteiger partial charge on any atom is -0.334 e. The molecule has 0 radical (unpaired) electrons. The standard InChI is InChI=1S/C15H12FN3OS/c1-2-21-12-8-10(7-11(16)9-12)15-18-14(19-20-15)13-5-3-4-6-17-13/h3-9H,2H2,1H3. The maximum Gasteiger partial charge on any atom is 0.258 e. The Hall–Kier alpha value is -2.21. The van der Waals surface area contributed by atoms with Crippen LogP contribution in [0.5, 0.6) is 0 Å². The predicted molar refractivity (Wildman–Crippen MR) is 79.3 cm³/mol. The first kappa shape index (κ1) is 13.8. The summed E-state index contributed by atoms with van der Waals surface area (Å²) in [7, 11) is 0. The number of nitrogens with zero attached hydrogens (tertiary/aromatic N) is 3. The zero-order valence-electron chi connectivity index (χ0n) is 11.3. The van der Waals surface area contributed by atoms with E-state index in [9.17, 15) is 4.39 Å². The Labute approximate surface area is 125 Å². The van der Waals surface area contributed by atoms with Crippen molar-refractivity contribution in [1.82, 2.24) is 15.1 Å². The molecule has 2 aromatic heterocycles. The van der Waals surface area contributed by atoms with Gasteiger partial charge in [-0.15, -0.1) is 11.8 Å². The third-order valence-corrected chi connectivity index (χ3v) is 3.61. The monoisotopic (exact) mass is 301 g/mol. The maximum absolute atomic E-state index is 13.7. The average Bonchev–Trinajstić information content (AvgIpc) is 2.98. The second kappa shape index (κ2) is 6.05. The van der Waals surface area contributed by atoms with Crippen molar-refractivity contribution in [3.63, 3.8) is 0 Å². The molecule has 0 unspecified atom stereocenters. The van der Waals surface area contributed by atoms with Crippen molar-refractivity contribution in [1.29, 1.82) is 0 Å². The Balaban J connectivity index is 1.96. The Morgan fingerprint density at radius 3 is 2.90 bits per heavy atom. The van der Waals surface area contributed by atoms with Crippen molar-refractivity contribution < 1.29 is 8.91 Å². The fourth-order valence-corrected chi connectivity index (χ4v) is 2.62. The van der Waals surface area contributed by atoms with Gasteiger partial charge in [-0.3, -0.25) is 4.98 Å². The van der Waals surface area contributed by atoms with Crippen molar-refractivity contribution in [3.05, 3.63) is 48.4 Å². The van der Waals surface area contributed by atoms with E-state index in [1.165, 1.54) is 12.1 Å². The summed E-state index contributed by atoms with van der Waals surface area (Å²) in [5.74, 6) is 1.22. The number of rotatable bonds is 4. The van der Waals surface area contributed by atoms with Crippen LogP contribution in [0.2, 0.25) is 0 Å². The van der Waals surface area contributed by atoms with Gasteiger partial charge in [0.25, 0.3) is 5.89 Å². The molecule has 3 aromatic rings. The molecule has 0 aliphatic carbocycles. The third-order valence-electron chi connectivity index (χ3n) is 2.75. The average molecular weight is 301 g/mol. The number of benzene rings is 1. The second-order valence-corrected chi connectivity index (χ2v) is 5.58. The molecule has 0 bridgehead atoms. The Bertz CT molecular complexity index is 746. The fraction of sp³-hybridized carbons (Fsp3) is 0.133. The highest BCUT2D eigenvalue weighted by Gasteiger charge is 2.13. The molecular weight excluding hydrogens is 289 g/mol. The van der Waals surface area contributed by atoms with Gasteiger partial charge in [-0.2, -0.15) is 4.98 Å². The van der Waals surface area contributed by atoms with E-state index in [0.717, 1.165) is 10.6 Å². The van der Waals surface area contributed by atoms with E-state index in [1.54, 1.807) is 24.0 Å². The topological polar surface area (TPSA) is 51.8 Å². The highest BCUT2D eigenvalue weighted by molar-refractivity contribution is 7.99. The van der Waals surface area contributed by atoms with Crippen molar-refractivity contribution in [2.24, 2.45) is 0 Å². The van der Waals surface area contributed by atoms with Crippen LogP contribution in [-0.4, -0.2) is 20.9 Å². The lowest BCUT2D eigenvalue weighted by Gasteiger charge is -2.01. The minimum absolute atomic E-state index is 0.285. The molecule has 4 nitrogen and oxygen atoms in total. The van der Waals surface area contributed by atoms with Gasteiger partial charge in [0.15, 0.2) is 0 Å². The molecule has 2 heterocycles. The normalized spacial score (nSPS) is 10.8. The highest BCUT2D eigenvalue weighted by Crippen LogP contribution is 2.27. The van der Waals surface area contributed by atoms with Crippen LogP contribution in [0, 0.1) is 5.82 Å². The van der Waals surface area contributed by atoms with Gasteiger partial charge in [0.1, 0.15) is 11.5 Å². The van der Waals surface area contributed by atoms with Crippen LogP contribution in [-0.2, 0) is 0 Å². The first-order valence-electron chi connectivity index (χ1n) is 6.45. The zero-order chi connectivity index (χ0) is 14.7. The van der Waals surface area contributed by atoms with Gasteiger partial charge in [-0.05, 0) is 36.1 Å². The molecule has 0 fully saturated rings. The fourth-order valence-electron chi connectivity index (χ4n) is 1.88. The first-order valence-corrected chi connectivity index (χ1v) is 7.43. The van der Waals surface area contributed by atoms with Crippen LogP contribution in [0.3, 0.4) is 0 Å². The lowest BCUT2D eigenvalue weighted by molar-refractivity contribution is 0.431. The van der Waals surface area contributed by atoms with Crippen LogP contribution >= 0.6 is 11.8 Å². The molecule has 0 aliphatic heterocycles. The van der Waals surface area contributed by atoms with Crippen LogP contribution in [0.1, 0.15) is 6.92 Å². The summed E-state index contributed by atoms with van der Waals surface area (Å²) in [6, 6.07) is 10.2. The molecule has 3 rings (SSSR count). The third kappa shape index (κ3) is 3.11. The van der Waals surface area contributed by atoms with Gasteiger partial charge in [0.05, 0.1) is 0 Å². The quantitative estimate of drug-likeness (QED) is 0.680. The molecule has 6 heteroatoms. The maximum atomic E-state index is 13.7. The second-order valence-electron chi connectivity index (χ2n) is 4.25. The molecule has 1 aromatic carbocycles. The van der Waals surface area contributed by atoms with Crippen molar-refractivity contribution in [3.8, 4) is 23.0 Å². The highest BCUT2D eigenvalue weighted by atomic mass is 32.2. The Kier molecular flexibility index (Phi) is 3.96. The van der Waals surface area contributed by atoms with Gasteiger partial charge in [0, 0.05) is 16.7 Å². The number of thioether (sulfide) groups is 1. The lowest BCUT2D eigenvalue weighted by Crippen LogP contribution is -1.86. The van der Waals surface area contributed by atoms with Gasteiger partial charge in [0.2, 0.25) is 5.82 Å². The molecule has 21 heavy (non-hydrogen) atoms. The molecule has 0 atom stereocenters. The van der Waals surface area contributed by atoms with Crippen molar-refractivity contribution >= 4 is 11.8 Å². The molecule has 0 saturated carbocycles. The summed E-state index contributed by atoms with van der Waals surface area (Å²) in [6.45, 7) is 2.02. The largest absolute Gasteiger partial charge is 0.334 e. The Morgan fingerprint density at radius 2 is 2.14 bits per heavy atom. The van der Waals surface area contributed by atoms with E-state index < -0.39 is 0 Å². The van der Waals surface area contributed by atoms with Crippen LogP contribution in [0.4, 0.5) is 4.39 Å². The minimum atomic E-state index is -0.318. The van der Waals surface area contributed by atoms with Crippen molar-refractivity contribution in [2.45, 2.75) is 11.8 Å². The van der Waals surface area contributed by atoms with Crippen LogP contribution in [0.25, 0.3) is 23.0 Å². The summed E-state index contributed by atoms with van der Waals surface area (Å²) in [4.78, 5) is 9.27. The predicted octanol–water partition coefficient (Wildman–Crippen LogP) is 4.05. The molecule has 0 saturated heterocycles. The first-order chi connectivity index (χ1) is 10.3. The van der Waals surface area contributed by atoms with E-state index >= 15 is 0 Å². The summed E-state index contributed by atoms with van der Waals surface area (Å²) in [5.41, 5.74) is 1.19. The molecule has 0 spiro atoms. The molecule has 0 aliphatic rings. The molecule has 0 amide bonds. The summed E-state index contributed by atoms with van der Waals surface area (Å²) >= 11 is 1.56. The van der Waals surface area contributed by atoms with Crippen LogP contribution in [0.15, 0.2) is 52.0 Å². The zero-order valence-corrected chi connectivity index (χ0v) is 12.1. The smallest absolute Gasteiger partial charge is 0.258 e. The molecule has 0 N–H and O–H groups in total. The number of hydrogen-bond acceptors (Lipinski definition) is 5. The number of aromatic nitrogens is 3. The molecular formula is C15H12FN3OS. The Morgan fingerprint density at radius 1 is 1.24 bits per heavy atom. The van der Waals surface area contributed by atoms with E-state index in [4.69, 9.17) is 4.52 Å². The summed E-state index contributed by atoms with van der Waals surface area (Å²) in [6.07, 6.45) is 1.66. The van der Waals surface area contributed by atoms with Crippen molar-refractivity contribution in [2.75, 3.05) is 5.75 Å². The summed E-state index contributed by atoms with van der Waals surface area (Å²) in [5, 5.41) is 3.89. The van der Waals surface area contributed by atoms with Gasteiger partial charge < -0.3 is 4.52 Å².